The number of benzene rings is 1. The first-order valence-electron chi connectivity index (χ1n) is 6.44. The van der Waals surface area contributed by atoms with Crippen LogP contribution in [0.3, 0.4) is 0 Å². The van der Waals surface area contributed by atoms with Crippen LogP contribution in [-0.4, -0.2) is 18.7 Å². The maximum Gasteiger partial charge on any atom is 0.351 e. The molecule has 0 fully saturated rings. The van der Waals surface area contributed by atoms with Gasteiger partial charge in [0.1, 0.15) is 6.54 Å². The fourth-order valence-electron chi connectivity index (χ4n) is 2.25. The third kappa shape index (κ3) is 2.03. The Bertz CT molecular complexity index is 1040. The molecule has 0 atom stereocenters. The van der Waals surface area contributed by atoms with Crippen LogP contribution in [0.25, 0.3) is 11.3 Å². The van der Waals surface area contributed by atoms with E-state index in [-0.39, 0.29) is 12.2 Å². The molecule has 0 aliphatic heterocycles. The number of terminal acetylenes is 1. The van der Waals surface area contributed by atoms with Gasteiger partial charge in [-0.2, -0.15) is 0 Å². The molecule has 3 aromatic rings. The van der Waals surface area contributed by atoms with Crippen molar-refractivity contribution >= 4 is 17.2 Å². The van der Waals surface area contributed by atoms with E-state index in [0.717, 1.165) is 10.2 Å². The molecule has 110 valence electrons. The van der Waals surface area contributed by atoms with Gasteiger partial charge >= 0.3 is 11.2 Å². The van der Waals surface area contributed by atoms with E-state index in [2.05, 4.69) is 11.0 Å². The van der Waals surface area contributed by atoms with E-state index in [1.165, 1.54) is 21.4 Å². The Morgan fingerprint density at radius 3 is 2.82 bits per heavy atom. The average molecular weight is 315 g/mol. The Hall–Kier alpha value is -2.78. The molecule has 2 heterocycles. The molecule has 0 aliphatic carbocycles. The molecule has 0 saturated carbocycles. The molecule has 0 saturated heterocycles. The highest BCUT2D eigenvalue weighted by Crippen LogP contribution is 2.20. The molecule has 0 spiro atoms. The number of hydrogen-bond acceptors (Lipinski definition) is 3. The SMILES string of the molecule is C#CCn1nc2c(=O)n(-c3cccc(Cl)c3C)ccn2c1=O. The Labute approximate surface area is 130 Å². The summed E-state index contributed by atoms with van der Waals surface area (Å²) >= 11 is 6.09. The highest BCUT2D eigenvalue weighted by atomic mass is 35.5. The van der Waals surface area contributed by atoms with Gasteiger partial charge in [-0.25, -0.2) is 13.9 Å². The standard InChI is InChI=1S/C15H11ClN4O2/c1-3-7-20-15(22)19-9-8-18(14(21)13(19)17-20)12-6-4-5-11(16)10(12)2/h1,4-6,8-9H,7H2,2H3. The van der Waals surface area contributed by atoms with Gasteiger partial charge in [-0.05, 0) is 24.6 Å². The molecule has 22 heavy (non-hydrogen) atoms. The lowest BCUT2D eigenvalue weighted by Gasteiger charge is -2.09. The van der Waals surface area contributed by atoms with Crippen molar-refractivity contribution in [2.24, 2.45) is 0 Å². The molecule has 0 bridgehead atoms. The molecule has 0 aliphatic rings. The summed E-state index contributed by atoms with van der Waals surface area (Å²) in [6.45, 7) is 1.83. The average Bonchev–Trinajstić information content (AvgIpc) is 2.81. The van der Waals surface area contributed by atoms with Crippen molar-refractivity contribution < 1.29 is 0 Å². The van der Waals surface area contributed by atoms with Gasteiger partial charge in [-0.1, -0.05) is 23.6 Å². The summed E-state index contributed by atoms with van der Waals surface area (Å²) in [6.07, 6.45) is 8.19. The largest absolute Gasteiger partial charge is 0.351 e. The zero-order valence-corrected chi connectivity index (χ0v) is 12.4. The lowest BCUT2D eigenvalue weighted by molar-refractivity contribution is 0.684. The number of aromatic nitrogens is 4. The van der Waals surface area contributed by atoms with E-state index in [9.17, 15) is 9.59 Å². The summed E-state index contributed by atoms with van der Waals surface area (Å²) in [5, 5.41) is 4.55. The van der Waals surface area contributed by atoms with Crippen molar-refractivity contribution in [1.82, 2.24) is 18.7 Å². The molecule has 2 aromatic heterocycles. The van der Waals surface area contributed by atoms with Crippen LogP contribution in [0.15, 0.2) is 40.2 Å². The van der Waals surface area contributed by atoms with Crippen LogP contribution in [0.5, 0.6) is 0 Å². The first-order chi connectivity index (χ1) is 10.5. The van der Waals surface area contributed by atoms with Gasteiger partial charge in [0.05, 0.1) is 5.69 Å². The van der Waals surface area contributed by atoms with Crippen LogP contribution in [0.1, 0.15) is 5.56 Å². The normalized spacial score (nSPS) is 10.8. The van der Waals surface area contributed by atoms with Gasteiger partial charge in [0.25, 0.3) is 0 Å². The number of nitrogens with zero attached hydrogens (tertiary/aromatic N) is 4. The molecule has 1 aromatic carbocycles. The second-order valence-corrected chi connectivity index (χ2v) is 5.10. The molecule has 7 heteroatoms. The highest BCUT2D eigenvalue weighted by Gasteiger charge is 2.13. The van der Waals surface area contributed by atoms with Crippen LogP contribution in [0.2, 0.25) is 5.02 Å². The van der Waals surface area contributed by atoms with E-state index in [0.29, 0.717) is 10.7 Å². The quantitative estimate of drug-likeness (QED) is 0.669. The molecular formula is C15H11ClN4O2. The highest BCUT2D eigenvalue weighted by molar-refractivity contribution is 6.31. The molecular weight excluding hydrogens is 304 g/mol. The smallest absolute Gasteiger partial charge is 0.279 e. The summed E-state index contributed by atoms with van der Waals surface area (Å²) in [5.41, 5.74) is 0.558. The summed E-state index contributed by atoms with van der Waals surface area (Å²) in [4.78, 5) is 24.6. The number of rotatable bonds is 2. The predicted octanol–water partition coefficient (Wildman–Crippen LogP) is 1.24. The van der Waals surface area contributed by atoms with E-state index < -0.39 is 11.2 Å². The summed E-state index contributed by atoms with van der Waals surface area (Å²) < 4.78 is 3.66. The minimum atomic E-state index is -0.444. The van der Waals surface area contributed by atoms with Crippen LogP contribution in [0.4, 0.5) is 0 Å². The minimum absolute atomic E-state index is 0.0101. The van der Waals surface area contributed by atoms with Crippen LogP contribution in [-0.2, 0) is 6.54 Å². The van der Waals surface area contributed by atoms with Crippen LogP contribution >= 0.6 is 11.6 Å². The van der Waals surface area contributed by atoms with Gasteiger partial charge in [-0.3, -0.25) is 9.36 Å². The second-order valence-electron chi connectivity index (χ2n) is 4.70. The molecule has 0 unspecified atom stereocenters. The molecule has 0 amide bonds. The Morgan fingerprint density at radius 2 is 2.09 bits per heavy atom. The molecule has 3 rings (SSSR count). The van der Waals surface area contributed by atoms with E-state index in [1.54, 1.807) is 18.2 Å². The van der Waals surface area contributed by atoms with E-state index in [1.807, 2.05) is 6.92 Å². The van der Waals surface area contributed by atoms with Crippen molar-refractivity contribution in [3.05, 3.63) is 62.0 Å². The lowest BCUT2D eigenvalue weighted by atomic mass is 10.2. The predicted molar refractivity (Wildman–Crippen MR) is 83.6 cm³/mol. The number of hydrogen-bond donors (Lipinski definition) is 0. The first kappa shape index (κ1) is 14.2. The second kappa shape index (κ2) is 5.20. The van der Waals surface area contributed by atoms with Gasteiger partial charge in [0, 0.05) is 17.4 Å². The monoisotopic (exact) mass is 314 g/mol. The van der Waals surface area contributed by atoms with Gasteiger partial charge in [0.2, 0.25) is 5.65 Å². The first-order valence-corrected chi connectivity index (χ1v) is 6.82. The van der Waals surface area contributed by atoms with Crippen LogP contribution < -0.4 is 11.2 Å². The lowest BCUT2D eigenvalue weighted by Crippen LogP contribution is -2.24. The summed E-state index contributed by atoms with van der Waals surface area (Å²) in [5.74, 6) is 2.33. The summed E-state index contributed by atoms with van der Waals surface area (Å²) in [7, 11) is 0. The maximum absolute atomic E-state index is 12.6. The number of halogens is 1. The van der Waals surface area contributed by atoms with Crippen LogP contribution in [0, 0.1) is 19.3 Å². The van der Waals surface area contributed by atoms with Crippen molar-refractivity contribution in [3.63, 3.8) is 0 Å². The fraction of sp³-hybridized carbons (Fsp3) is 0.133. The Kier molecular flexibility index (Phi) is 3.35. The molecule has 0 N–H and O–H groups in total. The summed E-state index contributed by atoms with van der Waals surface area (Å²) in [6, 6.07) is 5.27. The number of fused-ring (bicyclic) bond motifs is 1. The molecule has 6 nitrogen and oxygen atoms in total. The van der Waals surface area contributed by atoms with Crippen molar-refractivity contribution in [2.75, 3.05) is 0 Å². The minimum Gasteiger partial charge on any atom is -0.279 e. The topological polar surface area (TPSA) is 61.3 Å². The third-order valence-electron chi connectivity index (χ3n) is 3.39. The zero-order chi connectivity index (χ0) is 15.9. The molecule has 0 radical (unpaired) electrons. The van der Waals surface area contributed by atoms with E-state index in [4.69, 9.17) is 18.0 Å². The Morgan fingerprint density at radius 1 is 1.32 bits per heavy atom. The van der Waals surface area contributed by atoms with Crippen molar-refractivity contribution in [1.29, 1.82) is 0 Å². The van der Waals surface area contributed by atoms with Gasteiger partial charge in [-0.15, -0.1) is 11.5 Å². The van der Waals surface area contributed by atoms with E-state index >= 15 is 0 Å². The third-order valence-corrected chi connectivity index (χ3v) is 3.79. The van der Waals surface area contributed by atoms with Crippen molar-refractivity contribution in [3.8, 4) is 18.0 Å². The van der Waals surface area contributed by atoms with Gasteiger partial charge < -0.3 is 0 Å². The fourth-order valence-corrected chi connectivity index (χ4v) is 2.41. The van der Waals surface area contributed by atoms with Gasteiger partial charge in [0.15, 0.2) is 0 Å². The van der Waals surface area contributed by atoms with Crippen molar-refractivity contribution in [2.45, 2.75) is 13.5 Å². The Balaban J connectivity index is 2.32. The zero-order valence-electron chi connectivity index (χ0n) is 11.7. The maximum atomic E-state index is 12.6.